The van der Waals surface area contributed by atoms with Gasteiger partial charge in [-0.3, -0.25) is 0 Å². The van der Waals surface area contributed by atoms with E-state index in [1.807, 2.05) is 0 Å². The molecular formula is C9H11ClO4S. The van der Waals surface area contributed by atoms with Gasteiger partial charge in [-0.15, -0.1) is 0 Å². The number of halogens is 1. The van der Waals surface area contributed by atoms with E-state index in [4.69, 9.17) is 15.4 Å². The summed E-state index contributed by atoms with van der Waals surface area (Å²) >= 11 is 0. The second-order valence-electron chi connectivity index (χ2n) is 3.14. The van der Waals surface area contributed by atoms with Crippen molar-refractivity contribution >= 4 is 19.7 Å². The molecule has 1 rings (SSSR count). The van der Waals surface area contributed by atoms with Gasteiger partial charge in [0.05, 0.1) is 7.11 Å². The molecule has 84 valence electrons. The van der Waals surface area contributed by atoms with Gasteiger partial charge in [-0.25, -0.2) is 8.42 Å². The molecule has 15 heavy (non-hydrogen) atoms. The monoisotopic (exact) mass is 250 g/mol. The molecule has 0 saturated carbocycles. The van der Waals surface area contributed by atoms with Gasteiger partial charge in [0.2, 0.25) is 0 Å². The van der Waals surface area contributed by atoms with Crippen LogP contribution in [0.1, 0.15) is 11.1 Å². The van der Waals surface area contributed by atoms with Crippen molar-refractivity contribution in [2.45, 2.75) is 18.7 Å². The summed E-state index contributed by atoms with van der Waals surface area (Å²) < 4.78 is 27.3. The molecule has 0 heterocycles. The van der Waals surface area contributed by atoms with Gasteiger partial charge in [0.25, 0.3) is 9.05 Å². The second kappa shape index (κ2) is 3.90. The molecule has 0 aliphatic carbocycles. The third kappa shape index (κ3) is 2.18. The Morgan fingerprint density at radius 1 is 1.40 bits per heavy atom. The van der Waals surface area contributed by atoms with Crippen LogP contribution in [0.5, 0.6) is 11.5 Å². The fourth-order valence-corrected chi connectivity index (χ4v) is 2.47. The minimum Gasteiger partial charge on any atom is -0.506 e. The van der Waals surface area contributed by atoms with Crippen LogP contribution < -0.4 is 4.74 Å². The number of benzene rings is 1. The van der Waals surface area contributed by atoms with Crippen LogP contribution in [0.25, 0.3) is 0 Å². The van der Waals surface area contributed by atoms with Crippen LogP contribution in [0.4, 0.5) is 0 Å². The predicted octanol–water partition coefficient (Wildman–Crippen LogP) is 1.95. The highest BCUT2D eigenvalue weighted by Crippen LogP contribution is 2.37. The molecule has 0 aliphatic heterocycles. The Bertz CT molecular complexity index is 493. The Balaban J connectivity index is 3.62. The molecule has 1 N–H and O–H groups in total. The molecule has 0 aromatic heterocycles. The largest absolute Gasteiger partial charge is 0.506 e. The summed E-state index contributed by atoms with van der Waals surface area (Å²) in [5.41, 5.74) is 0.962. The normalized spacial score (nSPS) is 11.5. The van der Waals surface area contributed by atoms with Gasteiger partial charge in [-0.2, -0.15) is 0 Å². The van der Waals surface area contributed by atoms with Gasteiger partial charge < -0.3 is 9.84 Å². The van der Waals surface area contributed by atoms with Gasteiger partial charge in [-0.1, -0.05) is 0 Å². The Kier molecular flexibility index (Phi) is 3.16. The van der Waals surface area contributed by atoms with E-state index in [-0.39, 0.29) is 10.6 Å². The molecule has 1 aromatic carbocycles. The highest BCUT2D eigenvalue weighted by molar-refractivity contribution is 8.13. The molecule has 0 unspecified atom stereocenters. The van der Waals surface area contributed by atoms with Crippen LogP contribution in [0, 0.1) is 13.8 Å². The number of phenolic OH excluding ortho intramolecular Hbond substituents is 1. The maximum atomic E-state index is 11.1. The van der Waals surface area contributed by atoms with Crippen molar-refractivity contribution in [3.8, 4) is 11.5 Å². The average Bonchev–Trinajstić information content (AvgIpc) is 2.10. The van der Waals surface area contributed by atoms with Crippen molar-refractivity contribution in [2.24, 2.45) is 0 Å². The fraction of sp³-hybridized carbons (Fsp3) is 0.333. The maximum absolute atomic E-state index is 11.1. The van der Waals surface area contributed by atoms with Crippen LogP contribution in [0.15, 0.2) is 11.0 Å². The van der Waals surface area contributed by atoms with E-state index in [1.165, 1.54) is 13.2 Å². The Morgan fingerprint density at radius 2 is 1.93 bits per heavy atom. The lowest BCUT2D eigenvalue weighted by Crippen LogP contribution is -1.98. The first kappa shape index (κ1) is 12.1. The lowest BCUT2D eigenvalue weighted by atomic mass is 10.1. The molecule has 0 radical (unpaired) electrons. The molecule has 0 atom stereocenters. The molecular weight excluding hydrogens is 240 g/mol. The fourth-order valence-electron chi connectivity index (χ4n) is 1.42. The van der Waals surface area contributed by atoms with E-state index in [0.717, 1.165) is 0 Å². The zero-order valence-corrected chi connectivity index (χ0v) is 10.1. The number of phenols is 1. The van der Waals surface area contributed by atoms with Crippen molar-refractivity contribution in [1.29, 1.82) is 0 Å². The number of ether oxygens (including phenoxy) is 1. The number of methoxy groups -OCH3 is 1. The molecule has 0 aliphatic rings. The lowest BCUT2D eigenvalue weighted by Gasteiger charge is -2.12. The summed E-state index contributed by atoms with van der Waals surface area (Å²) in [7, 11) is 2.69. The van der Waals surface area contributed by atoms with Crippen LogP contribution in [-0.2, 0) is 9.05 Å². The van der Waals surface area contributed by atoms with Gasteiger partial charge in [0.1, 0.15) is 16.4 Å². The minimum atomic E-state index is -3.94. The van der Waals surface area contributed by atoms with E-state index in [1.54, 1.807) is 13.8 Å². The topological polar surface area (TPSA) is 63.6 Å². The predicted molar refractivity (Wildman–Crippen MR) is 57.2 cm³/mol. The Hall–Kier alpha value is -0.940. The molecule has 0 saturated heterocycles. The third-order valence-electron chi connectivity index (χ3n) is 2.10. The van der Waals surface area contributed by atoms with Gasteiger partial charge in [0.15, 0.2) is 0 Å². The summed E-state index contributed by atoms with van der Waals surface area (Å²) in [6.45, 7) is 3.24. The molecule has 1 aromatic rings. The van der Waals surface area contributed by atoms with Crippen molar-refractivity contribution in [3.05, 3.63) is 17.2 Å². The smallest absolute Gasteiger partial charge is 0.264 e. The summed E-state index contributed by atoms with van der Waals surface area (Å²) in [4.78, 5) is -0.292. The second-order valence-corrected chi connectivity index (χ2v) is 5.67. The zero-order valence-electron chi connectivity index (χ0n) is 8.54. The summed E-state index contributed by atoms with van der Waals surface area (Å²) in [5, 5.41) is 9.63. The average molecular weight is 251 g/mol. The third-order valence-corrected chi connectivity index (χ3v) is 3.44. The standard InChI is InChI=1S/C9H11ClO4S/c1-5-4-7(15(10,12)13)8(11)6(2)9(5)14-3/h4,11H,1-3H3. The van der Waals surface area contributed by atoms with E-state index >= 15 is 0 Å². The first-order valence-electron chi connectivity index (χ1n) is 4.11. The zero-order chi connectivity index (χ0) is 11.8. The number of hydrogen-bond donors (Lipinski definition) is 1. The highest BCUT2D eigenvalue weighted by atomic mass is 35.7. The van der Waals surface area contributed by atoms with Gasteiger partial charge in [-0.05, 0) is 25.5 Å². The van der Waals surface area contributed by atoms with Crippen molar-refractivity contribution in [1.82, 2.24) is 0 Å². The minimum absolute atomic E-state index is 0.292. The molecule has 6 heteroatoms. The summed E-state index contributed by atoms with van der Waals surface area (Å²) in [5.74, 6) is 0.0871. The maximum Gasteiger partial charge on any atom is 0.264 e. The van der Waals surface area contributed by atoms with Crippen LogP contribution in [-0.4, -0.2) is 20.6 Å². The molecule has 4 nitrogen and oxygen atoms in total. The van der Waals surface area contributed by atoms with Gasteiger partial charge in [0, 0.05) is 16.2 Å². The van der Waals surface area contributed by atoms with Crippen molar-refractivity contribution in [2.75, 3.05) is 7.11 Å². The summed E-state index contributed by atoms with van der Waals surface area (Å²) in [6.07, 6.45) is 0. The van der Waals surface area contributed by atoms with Gasteiger partial charge >= 0.3 is 0 Å². The summed E-state index contributed by atoms with van der Waals surface area (Å²) in [6, 6.07) is 1.28. The quantitative estimate of drug-likeness (QED) is 0.815. The Morgan fingerprint density at radius 3 is 2.33 bits per heavy atom. The first-order valence-corrected chi connectivity index (χ1v) is 6.41. The lowest BCUT2D eigenvalue weighted by molar-refractivity contribution is 0.396. The number of aryl methyl sites for hydroxylation is 1. The van der Waals surface area contributed by atoms with E-state index in [9.17, 15) is 13.5 Å². The molecule has 0 spiro atoms. The Labute approximate surface area is 92.9 Å². The van der Waals surface area contributed by atoms with Crippen molar-refractivity contribution < 1.29 is 18.3 Å². The number of rotatable bonds is 2. The van der Waals surface area contributed by atoms with Crippen LogP contribution >= 0.6 is 10.7 Å². The molecule has 0 amide bonds. The number of aromatic hydroxyl groups is 1. The molecule has 0 fully saturated rings. The van der Waals surface area contributed by atoms with Crippen LogP contribution in [0.2, 0.25) is 0 Å². The first-order chi connectivity index (χ1) is 6.79. The number of hydrogen-bond acceptors (Lipinski definition) is 4. The van der Waals surface area contributed by atoms with Crippen molar-refractivity contribution in [3.63, 3.8) is 0 Å². The van der Waals surface area contributed by atoms with E-state index in [0.29, 0.717) is 16.9 Å². The van der Waals surface area contributed by atoms with Crippen LogP contribution in [0.3, 0.4) is 0 Å². The van der Waals surface area contributed by atoms with E-state index in [2.05, 4.69) is 0 Å². The molecule has 0 bridgehead atoms. The highest BCUT2D eigenvalue weighted by Gasteiger charge is 2.21. The van der Waals surface area contributed by atoms with E-state index < -0.39 is 9.05 Å². The SMILES string of the molecule is COc1c(C)cc(S(=O)(=O)Cl)c(O)c1C.